The van der Waals surface area contributed by atoms with E-state index in [2.05, 4.69) is 5.32 Å². The Bertz CT molecular complexity index is 264. The van der Waals surface area contributed by atoms with E-state index < -0.39 is 5.97 Å². The zero-order chi connectivity index (χ0) is 9.59. The second-order valence-corrected chi connectivity index (χ2v) is 4.00. The van der Waals surface area contributed by atoms with E-state index in [1.54, 1.807) is 0 Å². The Labute approximate surface area is 76.3 Å². The second-order valence-electron chi connectivity index (χ2n) is 4.00. The Hall–Kier alpha value is -1.06. The summed E-state index contributed by atoms with van der Waals surface area (Å²) in [6.45, 7) is 1.44. The fourth-order valence-corrected chi connectivity index (χ4v) is 2.60. The summed E-state index contributed by atoms with van der Waals surface area (Å²) in [7, 11) is 0. The molecule has 0 aromatic rings. The van der Waals surface area contributed by atoms with Gasteiger partial charge in [-0.05, 0) is 24.7 Å². The number of carbonyl (C=O) groups is 2. The summed E-state index contributed by atoms with van der Waals surface area (Å²) in [6, 6.07) is -0.103. The van der Waals surface area contributed by atoms with Crippen molar-refractivity contribution >= 4 is 11.9 Å². The average Bonchev–Trinajstić information content (AvgIpc) is 1.95. The number of amides is 1. The normalized spacial score (nSPS) is 41.0. The van der Waals surface area contributed by atoms with Gasteiger partial charge < -0.3 is 10.4 Å². The largest absolute Gasteiger partial charge is 0.481 e. The molecule has 4 atom stereocenters. The van der Waals surface area contributed by atoms with Gasteiger partial charge in [0.2, 0.25) is 5.91 Å². The van der Waals surface area contributed by atoms with E-state index in [-0.39, 0.29) is 17.9 Å². The molecule has 2 N–H and O–H groups in total. The predicted octanol–water partition coefficient (Wildman–Crippen LogP) is 0.232. The molecule has 2 aliphatic rings. The van der Waals surface area contributed by atoms with Crippen molar-refractivity contribution in [2.45, 2.75) is 25.8 Å². The Morgan fingerprint density at radius 3 is 2.31 bits per heavy atom. The molecule has 4 nitrogen and oxygen atoms in total. The maximum absolute atomic E-state index is 10.8. The quantitative estimate of drug-likeness (QED) is 0.644. The second kappa shape index (κ2) is 2.72. The fourth-order valence-electron chi connectivity index (χ4n) is 2.60. The Kier molecular flexibility index (Phi) is 1.78. The Morgan fingerprint density at radius 1 is 1.31 bits per heavy atom. The van der Waals surface area contributed by atoms with Crippen LogP contribution in [0.25, 0.3) is 0 Å². The highest BCUT2D eigenvalue weighted by Gasteiger charge is 2.58. The van der Waals surface area contributed by atoms with Gasteiger partial charge in [0.15, 0.2) is 0 Å². The van der Waals surface area contributed by atoms with Gasteiger partial charge in [-0.1, -0.05) is 0 Å². The standard InChI is InChI=1S/C9H13NO3/c1-4(11)10-8-6-3-2-5(6)7(8)9(12)13/h5-8H,2-3H2,1H3,(H,10,11)(H,12,13). The molecule has 2 saturated carbocycles. The van der Waals surface area contributed by atoms with Crippen molar-refractivity contribution < 1.29 is 14.7 Å². The molecule has 0 bridgehead atoms. The molecule has 4 heteroatoms. The van der Waals surface area contributed by atoms with Gasteiger partial charge >= 0.3 is 5.97 Å². The molecular formula is C9H13NO3. The molecule has 1 amide bonds. The first kappa shape index (κ1) is 8.53. The summed E-state index contributed by atoms with van der Waals surface area (Å²) in [4.78, 5) is 21.6. The van der Waals surface area contributed by atoms with Gasteiger partial charge in [-0.2, -0.15) is 0 Å². The predicted molar refractivity (Wildman–Crippen MR) is 44.9 cm³/mol. The van der Waals surface area contributed by atoms with Crippen LogP contribution in [0.15, 0.2) is 0 Å². The van der Waals surface area contributed by atoms with E-state index in [9.17, 15) is 9.59 Å². The minimum absolute atomic E-state index is 0.103. The first-order chi connectivity index (χ1) is 6.11. The molecule has 0 aromatic heterocycles. The van der Waals surface area contributed by atoms with Gasteiger partial charge in [-0.25, -0.2) is 0 Å². The van der Waals surface area contributed by atoms with E-state index in [0.29, 0.717) is 11.8 Å². The van der Waals surface area contributed by atoms with Crippen LogP contribution in [-0.2, 0) is 9.59 Å². The highest BCUT2D eigenvalue weighted by atomic mass is 16.4. The number of carboxylic acids is 1. The van der Waals surface area contributed by atoms with E-state index >= 15 is 0 Å². The molecule has 13 heavy (non-hydrogen) atoms. The Morgan fingerprint density at radius 2 is 1.92 bits per heavy atom. The van der Waals surface area contributed by atoms with Gasteiger partial charge in [0.1, 0.15) is 0 Å². The lowest BCUT2D eigenvalue weighted by molar-refractivity contribution is -0.165. The van der Waals surface area contributed by atoms with Crippen LogP contribution in [0.1, 0.15) is 19.8 Å². The van der Waals surface area contributed by atoms with Crippen LogP contribution in [0, 0.1) is 17.8 Å². The molecule has 0 spiro atoms. The molecule has 2 fully saturated rings. The molecule has 0 saturated heterocycles. The van der Waals surface area contributed by atoms with Crippen LogP contribution in [-0.4, -0.2) is 23.0 Å². The third kappa shape index (κ3) is 1.12. The minimum Gasteiger partial charge on any atom is -0.481 e. The van der Waals surface area contributed by atoms with Crippen molar-refractivity contribution in [1.82, 2.24) is 5.32 Å². The smallest absolute Gasteiger partial charge is 0.308 e. The van der Waals surface area contributed by atoms with E-state index in [1.807, 2.05) is 0 Å². The van der Waals surface area contributed by atoms with Crippen molar-refractivity contribution in [3.05, 3.63) is 0 Å². The lowest BCUT2D eigenvalue weighted by Crippen LogP contribution is -2.66. The zero-order valence-electron chi connectivity index (χ0n) is 7.49. The van der Waals surface area contributed by atoms with Gasteiger partial charge in [0.05, 0.1) is 5.92 Å². The monoisotopic (exact) mass is 183 g/mol. The van der Waals surface area contributed by atoms with Crippen LogP contribution in [0.3, 0.4) is 0 Å². The highest BCUT2D eigenvalue weighted by Crippen LogP contribution is 2.54. The average molecular weight is 183 g/mol. The van der Waals surface area contributed by atoms with Crippen molar-refractivity contribution in [1.29, 1.82) is 0 Å². The van der Waals surface area contributed by atoms with Gasteiger partial charge in [-0.15, -0.1) is 0 Å². The summed E-state index contributed by atoms with van der Waals surface area (Å²) in [5.74, 6) is -0.455. The third-order valence-corrected chi connectivity index (χ3v) is 3.35. The van der Waals surface area contributed by atoms with Crippen molar-refractivity contribution in [3.63, 3.8) is 0 Å². The maximum atomic E-state index is 10.8. The topological polar surface area (TPSA) is 66.4 Å². The molecule has 0 heterocycles. The SMILES string of the molecule is CC(=O)NC1C2CCC2C1C(=O)O. The Balaban J connectivity index is 2.01. The molecule has 72 valence electrons. The number of rotatable bonds is 2. The molecule has 0 aliphatic heterocycles. The summed E-state index contributed by atoms with van der Waals surface area (Å²) in [5.41, 5.74) is 0. The summed E-state index contributed by atoms with van der Waals surface area (Å²) < 4.78 is 0. The first-order valence-corrected chi connectivity index (χ1v) is 4.61. The minimum atomic E-state index is -0.764. The van der Waals surface area contributed by atoms with Gasteiger partial charge in [0.25, 0.3) is 0 Å². The lowest BCUT2D eigenvalue weighted by atomic mass is 9.50. The highest BCUT2D eigenvalue weighted by molar-refractivity contribution is 5.78. The maximum Gasteiger partial charge on any atom is 0.308 e. The molecular weight excluding hydrogens is 170 g/mol. The third-order valence-electron chi connectivity index (χ3n) is 3.35. The molecule has 0 radical (unpaired) electrons. The number of carboxylic acid groups (broad SMARTS) is 1. The molecule has 2 rings (SSSR count). The molecule has 2 aliphatic carbocycles. The lowest BCUT2D eigenvalue weighted by Gasteiger charge is -2.57. The summed E-state index contributed by atoms with van der Waals surface area (Å²) >= 11 is 0. The molecule has 4 unspecified atom stereocenters. The van der Waals surface area contributed by atoms with Gasteiger partial charge in [-0.3, -0.25) is 9.59 Å². The zero-order valence-corrected chi connectivity index (χ0v) is 7.49. The van der Waals surface area contributed by atoms with E-state index in [4.69, 9.17) is 5.11 Å². The van der Waals surface area contributed by atoms with Crippen LogP contribution < -0.4 is 5.32 Å². The van der Waals surface area contributed by atoms with E-state index in [0.717, 1.165) is 12.8 Å². The van der Waals surface area contributed by atoms with Crippen molar-refractivity contribution in [2.75, 3.05) is 0 Å². The number of hydrogen-bond acceptors (Lipinski definition) is 2. The first-order valence-electron chi connectivity index (χ1n) is 4.61. The van der Waals surface area contributed by atoms with E-state index in [1.165, 1.54) is 6.92 Å². The number of aliphatic carboxylic acids is 1. The van der Waals surface area contributed by atoms with Crippen LogP contribution in [0.2, 0.25) is 0 Å². The van der Waals surface area contributed by atoms with Gasteiger partial charge in [0, 0.05) is 13.0 Å². The van der Waals surface area contributed by atoms with Crippen molar-refractivity contribution in [3.8, 4) is 0 Å². The van der Waals surface area contributed by atoms with Crippen LogP contribution in [0.4, 0.5) is 0 Å². The van der Waals surface area contributed by atoms with Crippen molar-refractivity contribution in [2.24, 2.45) is 17.8 Å². The number of fused-ring (bicyclic) bond motifs is 1. The van der Waals surface area contributed by atoms with Crippen LogP contribution in [0.5, 0.6) is 0 Å². The number of nitrogens with one attached hydrogen (secondary N) is 1. The summed E-state index contributed by atoms with van der Waals surface area (Å²) in [5, 5.41) is 11.6. The molecule has 0 aromatic carbocycles. The summed E-state index contributed by atoms with van der Waals surface area (Å²) in [6.07, 6.45) is 2.08. The van der Waals surface area contributed by atoms with Crippen LogP contribution >= 0.6 is 0 Å². The number of hydrogen-bond donors (Lipinski definition) is 2. The fraction of sp³-hybridized carbons (Fsp3) is 0.778. The number of carbonyl (C=O) groups excluding carboxylic acids is 1.